The van der Waals surface area contributed by atoms with Gasteiger partial charge < -0.3 is 4.84 Å². The van der Waals surface area contributed by atoms with Crippen LogP contribution in [-0.2, 0) is 6.42 Å². The lowest BCUT2D eigenvalue weighted by molar-refractivity contribution is 0.132. The summed E-state index contributed by atoms with van der Waals surface area (Å²) in [6.07, 6.45) is 3.08. The molecule has 0 saturated heterocycles. The average Bonchev–Trinajstić information content (AvgIpc) is 2.55. The van der Waals surface area contributed by atoms with Crippen molar-refractivity contribution in [2.45, 2.75) is 34.1 Å². The Kier molecular flexibility index (Phi) is 3.58. The van der Waals surface area contributed by atoms with E-state index in [4.69, 9.17) is 16.4 Å². The number of fused-ring (bicyclic) bond motifs is 1. The number of halogens is 1. The average molecular weight is 266 g/mol. The van der Waals surface area contributed by atoms with Gasteiger partial charge in [-0.3, -0.25) is 0 Å². The molecule has 98 valence electrons. The summed E-state index contributed by atoms with van der Waals surface area (Å²) in [6, 6.07) is 5.94. The van der Waals surface area contributed by atoms with Gasteiger partial charge in [0.1, 0.15) is 6.61 Å². The van der Waals surface area contributed by atoms with Crippen LogP contribution < -0.4 is 4.84 Å². The first kappa shape index (κ1) is 13.3. The zero-order valence-electron chi connectivity index (χ0n) is 11.5. The molecule has 0 amide bonds. The Morgan fingerprint density at radius 1 is 1.28 bits per heavy atom. The summed E-state index contributed by atoms with van der Waals surface area (Å²) in [5.41, 5.74) is 2.61. The SMILES string of the molecule is CCOn1cc(CC(C)(C)C)c2cc(Cl)ccc21. The molecule has 1 aromatic carbocycles. The molecule has 18 heavy (non-hydrogen) atoms. The van der Waals surface area contributed by atoms with Gasteiger partial charge in [0.2, 0.25) is 0 Å². The molecule has 0 saturated carbocycles. The number of rotatable bonds is 3. The van der Waals surface area contributed by atoms with Crippen molar-refractivity contribution in [1.29, 1.82) is 0 Å². The zero-order chi connectivity index (χ0) is 13.3. The Morgan fingerprint density at radius 2 is 2.00 bits per heavy atom. The maximum absolute atomic E-state index is 6.10. The molecule has 0 aliphatic heterocycles. The van der Waals surface area contributed by atoms with Crippen LogP contribution in [0.2, 0.25) is 5.02 Å². The number of aromatic nitrogens is 1. The molecule has 2 nitrogen and oxygen atoms in total. The smallest absolute Gasteiger partial charge is 0.112 e. The van der Waals surface area contributed by atoms with E-state index in [9.17, 15) is 0 Å². The fourth-order valence-electron chi connectivity index (χ4n) is 2.20. The van der Waals surface area contributed by atoms with Crippen LogP contribution in [-0.4, -0.2) is 11.3 Å². The molecule has 2 rings (SSSR count). The van der Waals surface area contributed by atoms with Crippen LogP contribution in [0.25, 0.3) is 10.9 Å². The third-order valence-electron chi connectivity index (χ3n) is 2.80. The van der Waals surface area contributed by atoms with E-state index in [0.717, 1.165) is 17.0 Å². The molecular weight excluding hydrogens is 246 g/mol. The molecule has 1 aromatic heterocycles. The van der Waals surface area contributed by atoms with Crippen LogP contribution in [0.15, 0.2) is 24.4 Å². The predicted octanol–water partition coefficient (Wildman–Crippen LogP) is 4.33. The Morgan fingerprint density at radius 3 is 2.61 bits per heavy atom. The first-order valence-electron chi connectivity index (χ1n) is 6.33. The topological polar surface area (TPSA) is 14.2 Å². The summed E-state index contributed by atoms with van der Waals surface area (Å²) >= 11 is 6.10. The Labute approximate surface area is 113 Å². The molecule has 0 fully saturated rings. The molecule has 0 N–H and O–H groups in total. The highest BCUT2D eigenvalue weighted by molar-refractivity contribution is 6.31. The normalized spacial score (nSPS) is 12.1. The quantitative estimate of drug-likeness (QED) is 0.806. The second-order valence-electron chi connectivity index (χ2n) is 5.80. The standard InChI is InChI=1S/C15H20ClNO/c1-5-18-17-10-11(9-15(2,3)4)13-8-12(16)6-7-14(13)17/h6-8,10H,5,9H2,1-4H3. The van der Waals surface area contributed by atoms with Gasteiger partial charge >= 0.3 is 0 Å². The van der Waals surface area contributed by atoms with E-state index in [1.807, 2.05) is 29.9 Å². The minimum absolute atomic E-state index is 0.244. The molecule has 0 aliphatic carbocycles. The van der Waals surface area contributed by atoms with Crippen molar-refractivity contribution in [3.05, 3.63) is 35.0 Å². The highest BCUT2D eigenvalue weighted by Crippen LogP contribution is 2.29. The maximum atomic E-state index is 6.10. The van der Waals surface area contributed by atoms with Crippen molar-refractivity contribution >= 4 is 22.5 Å². The van der Waals surface area contributed by atoms with Crippen molar-refractivity contribution in [2.24, 2.45) is 5.41 Å². The van der Waals surface area contributed by atoms with E-state index >= 15 is 0 Å². The summed E-state index contributed by atoms with van der Waals surface area (Å²) in [4.78, 5) is 5.63. The molecule has 1 heterocycles. The van der Waals surface area contributed by atoms with E-state index in [-0.39, 0.29) is 5.41 Å². The number of hydrogen-bond donors (Lipinski definition) is 0. The minimum atomic E-state index is 0.244. The summed E-state index contributed by atoms with van der Waals surface area (Å²) in [6.45, 7) is 9.36. The second-order valence-corrected chi connectivity index (χ2v) is 6.23. The zero-order valence-corrected chi connectivity index (χ0v) is 12.2. The van der Waals surface area contributed by atoms with Crippen LogP contribution >= 0.6 is 11.6 Å². The third-order valence-corrected chi connectivity index (χ3v) is 3.04. The highest BCUT2D eigenvalue weighted by atomic mass is 35.5. The molecule has 0 unspecified atom stereocenters. The van der Waals surface area contributed by atoms with Crippen molar-refractivity contribution in [3.8, 4) is 0 Å². The Bertz CT molecular complexity index is 551. The summed E-state index contributed by atoms with van der Waals surface area (Å²) in [7, 11) is 0. The molecule has 0 atom stereocenters. The molecule has 3 heteroatoms. The van der Waals surface area contributed by atoms with Crippen LogP contribution in [0.4, 0.5) is 0 Å². The Balaban J connectivity index is 2.54. The lowest BCUT2D eigenvalue weighted by atomic mass is 9.88. The van der Waals surface area contributed by atoms with Crippen molar-refractivity contribution in [3.63, 3.8) is 0 Å². The Hall–Kier alpha value is -1.15. The predicted molar refractivity (Wildman–Crippen MR) is 77.2 cm³/mol. The molecule has 0 spiro atoms. The van der Waals surface area contributed by atoms with Crippen molar-refractivity contribution < 1.29 is 4.84 Å². The fourth-order valence-corrected chi connectivity index (χ4v) is 2.37. The molecule has 0 aliphatic rings. The summed E-state index contributed by atoms with van der Waals surface area (Å²) in [5, 5.41) is 1.96. The van der Waals surface area contributed by atoms with Crippen LogP contribution in [0.5, 0.6) is 0 Å². The van der Waals surface area contributed by atoms with Gasteiger partial charge in [-0.2, -0.15) is 4.73 Å². The fraction of sp³-hybridized carbons (Fsp3) is 0.467. The van der Waals surface area contributed by atoms with Gasteiger partial charge in [-0.15, -0.1) is 0 Å². The van der Waals surface area contributed by atoms with Gasteiger partial charge in [-0.05, 0) is 42.5 Å². The lowest BCUT2D eigenvalue weighted by Crippen LogP contribution is -2.10. The van der Waals surface area contributed by atoms with Crippen LogP contribution in [0, 0.1) is 5.41 Å². The number of benzene rings is 1. The van der Waals surface area contributed by atoms with Gasteiger partial charge in [-0.1, -0.05) is 32.4 Å². The van der Waals surface area contributed by atoms with Gasteiger partial charge in [0.25, 0.3) is 0 Å². The summed E-state index contributed by atoms with van der Waals surface area (Å²) < 4.78 is 1.85. The van der Waals surface area contributed by atoms with Gasteiger partial charge in [0.05, 0.1) is 5.52 Å². The van der Waals surface area contributed by atoms with E-state index in [1.54, 1.807) is 0 Å². The second kappa shape index (κ2) is 4.85. The number of nitrogens with zero attached hydrogens (tertiary/aromatic N) is 1. The largest absolute Gasteiger partial charge is 0.414 e. The monoisotopic (exact) mass is 265 g/mol. The van der Waals surface area contributed by atoms with Crippen LogP contribution in [0.1, 0.15) is 33.3 Å². The summed E-state index contributed by atoms with van der Waals surface area (Å²) in [5.74, 6) is 0. The lowest BCUT2D eigenvalue weighted by Gasteiger charge is -2.17. The van der Waals surface area contributed by atoms with Gasteiger partial charge in [0, 0.05) is 16.6 Å². The first-order valence-corrected chi connectivity index (χ1v) is 6.71. The highest BCUT2D eigenvalue weighted by Gasteiger charge is 2.17. The van der Waals surface area contributed by atoms with E-state index in [0.29, 0.717) is 6.61 Å². The molecule has 2 aromatic rings. The third kappa shape index (κ3) is 2.81. The van der Waals surface area contributed by atoms with E-state index < -0.39 is 0 Å². The molecule has 0 bridgehead atoms. The number of hydrogen-bond acceptors (Lipinski definition) is 1. The maximum Gasteiger partial charge on any atom is 0.112 e. The van der Waals surface area contributed by atoms with E-state index in [1.165, 1.54) is 10.9 Å². The van der Waals surface area contributed by atoms with Gasteiger partial charge in [0.15, 0.2) is 0 Å². The first-order chi connectivity index (χ1) is 8.40. The minimum Gasteiger partial charge on any atom is -0.414 e. The van der Waals surface area contributed by atoms with Gasteiger partial charge in [-0.25, -0.2) is 0 Å². The molecular formula is C15H20ClNO. The van der Waals surface area contributed by atoms with E-state index in [2.05, 4.69) is 27.0 Å². The molecule has 0 radical (unpaired) electrons. The van der Waals surface area contributed by atoms with Crippen molar-refractivity contribution in [2.75, 3.05) is 6.61 Å². The van der Waals surface area contributed by atoms with Crippen LogP contribution in [0.3, 0.4) is 0 Å². The van der Waals surface area contributed by atoms with Crippen molar-refractivity contribution in [1.82, 2.24) is 4.73 Å².